The van der Waals surface area contributed by atoms with E-state index in [0.717, 1.165) is 25.9 Å². The lowest BCUT2D eigenvalue weighted by Gasteiger charge is -2.34. The summed E-state index contributed by atoms with van der Waals surface area (Å²) in [6, 6.07) is 5.35. The van der Waals surface area contributed by atoms with Gasteiger partial charge >= 0.3 is 0 Å². The monoisotopic (exact) mass is 277 g/mol. The maximum atomic E-state index is 12.9. The second-order valence-corrected chi connectivity index (χ2v) is 5.65. The number of likely N-dealkylation sites (tertiary alicyclic amines) is 1. The normalized spacial score (nSPS) is 16.2. The van der Waals surface area contributed by atoms with Gasteiger partial charge in [-0.1, -0.05) is 0 Å². The zero-order valence-electron chi connectivity index (χ0n) is 12.7. The Morgan fingerprint density at radius 1 is 1.15 bits per heavy atom. The fraction of sp³-hybridized carbons (Fsp3) is 0.562. The maximum absolute atomic E-state index is 12.9. The highest BCUT2D eigenvalue weighted by atomic mass is 16.5. The predicted molar refractivity (Wildman–Crippen MR) is 78.8 cm³/mol. The fourth-order valence-corrected chi connectivity index (χ4v) is 2.74. The molecule has 0 saturated carbocycles. The Hall–Kier alpha value is -1.55. The van der Waals surface area contributed by atoms with Crippen LogP contribution in [0, 0.1) is 0 Å². The molecule has 4 nitrogen and oxygen atoms in total. The Bertz CT molecular complexity index is 490. The van der Waals surface area contributed by atoms with Crippen LogP contribution in [-0.2, 0) is 0 Å². The summed E-state index contributed by atoms with van der Waals surface area (Å²) in [5.74, 6) is 1.35. The number of carbonyl (C=O) groups excluding carboxylic acids is 1. The van der Waals surface area contributed by atoms with Gasteiger partial charge in [0.05, 0.1) is 25.3 Å². The molecule has 1 aliphatic rings. The number of ether oxygens (including phenoxy) is 2. The second kappa shape index (κ2) is 5.83. The fourth-order valence-electron chi connectivity index (χ4n) is 2.74. The molecule has 110 valence electrons. The Balaban J connectivity index is 2.36. The van der Waals surface area contributed by atoms with Crippen LogP contribution < -0.4 is 9.47 Å². The number of methoxy groups -OCH3 is 2. The van der Waals surface area contributed by atoms with E-state index in [0.29, 0.717) is 17.1 Å². The molecule has 0 N–H and O–H groups in total. The van der Waals surface area contributed by atoms with Crippen molar-refractivity contribution in [3.8, 4) is 11.5 Å². The molecular formula is C16H23NO3. The number of benzene rings is 1. The van der Waals surface area contributed by atoms with Crippen LogP contribution in [-0.4, -0.2) is 43.5 Å². The van der Waals surface area contributed by atoms with Crippen LogP contribution in [0.1, 0.15) is 37.0 Å². The van der Waals surface area contributed by atoms with Gasteiger partial charge in [-0.25, -0.2) is 0 Å². The summed E-state index contributed by atoms with van der Waals surface area (Å²) in [5.41, 5.74) is 0.0691. The number of ketones is 1. The molecule has 0 aromatic heterocycles. The van der Waals surface area contributed by atoms with Gasteiger partial charge in [0.2, 0.25) is 0 Å². The Morgan fingerprint density at radius 3 is 2.35 bits per heavy atom. The number of nitrogens with zero attached hydrogens (tertiary/aromatic N) is 1. The van der Waals surface area contributed by atoms with Crippen molar-refractivity contribution in [1.29, 1.82) is 0 Å². The molecule has 20 heavy (non-hydrogen) atoms. The molecule has 0 atom stereocenters. The van der Waals surface area contributed by atoms with Gasteiger partial charge in [0, 0.05) is 0 Å². The molecule has 0 bridgehead atoms. The summed E-state index contributed by atoms with van der Waals surface area (Å²) in [5, 5.41) is 0. The summed E-state index contributed by atoms with van der Waals surface area (Å²) < 4.78 is 10.6. The minimum Gasteiger partial charge on any atom is -0.497 e. The summed E-state index contributed by atoms with van der Waals surface area (Å²) >= 11 is 0. The summed E-state index contributed by atoms with van der Waals surface area (Å²) in [7, 11) is 3.18. The first-order valence-corrected chi connectivity index (χ1v) is 7.02. The van der Waals surface area contributed by atoms with Crippen LogP contribution in [0.3, 0.4) is 0 Å². The number of Topliss-reactive ketones (excluding diaryl/α,β-unsaturated/α-hetero) is 1. The SMILES string of the molecule is COc1ccc(OC)c(C(=O)C(C)(C)N2CCCC2)c1. The van der Waals surface area contributed by atoms with Gasteiger partial charge in [-0.3, -0.25) is 9.69 Å². The first-order valence-electron chi connectivity index (χ1n) is 7.02. The van der Waals surface area contributed by atoms with E-state index in [1.165, 1.54) is 0 Å². The van der Waals surface area contributed by atoms with E-state index in [4.69, 9.17) is 9.47 Å². The van der Waals surface area contributed by atoms with Crippen molar-refractivity contribution < 1.29 is 14.3 Å². The largest absolute Gasteiger partial charge is 0.497 e. The van der Waals surface area contributed by atoms with E-state index in [1.54, 1.807) is 32.4 Å². The number of hydrogen-bond donors (Lipinski definition) is 0. The zero-order chi connectivity index (χ0) is 14.8. The standard InChI is InChI=1S/C16H23NO3/c1-16(2,17-9-5-6-10-17)15(18)13-11-12(19-3)7-8-14(13)20-4/h7-8,11H,5-6,9-10H2,1-4H3. The Kier molecular flexibility index (Phi) is 4.33. The molecule has 0 radical (unpaired) electrons. The van der Waals surface area contributed by atoms with E-state index in [1.807, 2.05) is 13.8 Å². The van der Waals surface area contributed by atoms with Crippen molar-refractivity contribution in [1.82, 2.24) is 4.90 Å². The first kappa shape index (κ1) is 14.9. The topological polar surface area (TPSA) is 38.8 Å². The van der Waals surface area contributed by atoms with Gasteiger partial charge in [-0.05, 0) is 58.0 Å². The third-order valence-corrected chi connectivity index (χ3v) is 4.10. The molecule has 0 aliphatic carbocycles. The van der Waals surface area contributed by atoms with Crippen LogP contribution >= 0.6 is 0 Å². The number of hydrogen-bond acceptors (Lipinski definition) is 4. The molecule has 0 spiro atoms. The van der Waals surface area contributed by atoms with E-state index in [-0.39, 0.29) is 5.78 Å². The average Bonchev–Trinajstić information content (AvgIpc) is 3.00. The van der Waals surface area contributed by atoms with Gasteiger partial charge in [-0.2, -0.15) is 0 Å². The van der Waals surface area contributed by atoms with Gasteiger partial charge in [0.1, 0.15) is 11.5 Å². The van der Waals surface area contributed by atoms with Crippen LogP contribution in [0.5, 0.6) is 11.5 Å². The molecule has 0 amide bonds. The predicted octanol–water partition coefficient (Wildman–Crippen LogP) is 2.76. The number of carbonyl (C=O) groups is 1. The van der Waals surface area contributed by atoms with Crippen molar-refractivity contribution in [3.05, 3.63) is 23.8 Å². The van der Waals surface area contributed by atoms with Crippen molar-refractivity contribution in [2.45, 2.75) is 32.2 Å². The Morgan fingerprint density at radius 2 is 1.80 bits per heavy atom. The van der Waals surface area contributed by atoms with Crippen LogP contribution in [0.4, 0.5) is 0 Å². The Labute approximate surface area is 120 Å². The highest BCUT2D eigenvalue weighted by Gasteiger charge is 2.37. The number of rotatable bonds is 5. The average molecular weight is 277 g/mol. The highest BCUT2D eigenvalue weighted by Crippen LogP contribution is 2.31. The molecular weight excluding hydrogens is 254 g/mol. The van der Waals surface area contributed by atoms with Gasteiger partial charge in [0.15, 0.2) is 5.78 Å². The molecule has 1 fully saturated rings. The van der Waals surface area contributed by atoms with Crippen molar-refractivity contribution >= 4 is 5.78 Å². The molecule has 1 aromatic rings. The second-order valence-electron chi connectivity index (χ2n) is 5.65. The first-order chi connectivity index (χ1) is 9.50. The molecule has 1 aromatic carbocycles. The van der Waals surface area contributed by atoms with E-state index in [2.05, 4.69) is 4.90 Å². The van der Waals surface area contributed by atoms with Crippen LogP contribution in [0.2, 0.25) is 0 Å². The summed E-state index contributed by atoms with van der Waals surface area (Å²) in [6.07, 6.45) is 2.32. The molecule has 4 heteroatoms. The lowest BCUT2D eigenvalue weighted by molar-refractivity contribution is 0.0699. The molecule has 1 saturated heterocycles. The smallest absolute Gasteiger partial charge is 0.186 e. The van der Waals surface area contributed by atoms with E-state index < -0.39 is 5.54 Å². The van der Waals surface area contributed by atoms with Gasteiger partial charge in [-0.15, -0.1) is 0 Å². The van der Waals surface area contributed by atoms with E-state index >= 15 is 0 Å². The molecule has 1 aliphatic heterocycles. The quantitative estimate of drug-likeness (QED) is 0.776. The van der Waals surface area contributed by atoms with Crippen LogP contribution in [0.25, 0.3) is 0 Å². The van der Waals surface area contributed by atoms with Crippen molar-refractivity contribution in [2.75, 3.05) is 27.3 Å². The lowest BCUT2D eigenvalue weighted by atomic mass is 9.91. The zero-order valence-corrected chi connectivity index (χ0v) is 12.7. The van der Waals surface area contributed by atoms with E-state index in [9.17, 15) is 4.79 Å². The third-order valence-electron chi connectivity index (χ3n) is 4.10. The van der Waals surface area contributed by atoms with Crippen molar-refractivity contribution in [2.24, 2.45) is 0 Å². The lowest BCUT2D eigenvalue weighted by Crippen LogP contribution is -2.48. The summed E-state index contributed by atoms with van der Waals surface area (Å²) in [4.78, 5) is 15.2. The van der Waals surface area contributed by atoms with Crippen LogP contribution in [0.15, 0.2) is 18.2 Å². The molecule has 0 unspecified atom stereocenters. The highest BCUT2D eigenvalue weighted by molar-refractivity contribution is 6.05. The molecule has 1 heterocycles. The minimum atomic E-state index is -0.518. The summed E-state index contributed by atoms with van der Waals surface area (Å²) in [6.45, 7) is 5.93. The van der Waals surface area contributed by atoms with Gasteiger partial charge in [0.25, 0.3) is 0 Å². The van der Waals surface area contributed by atoms with Crippen molar-refractivity contribution in [3.63, 3.8) is 0 Å². The molecule has 2 rings (SSSR count). The third kappa shape index (κ3) is 2.66. The minimum absolute atomic E-state index is 0.0788. The maximum Gasteiger partial charge on any atom is 0.186 e. The van der Waals surface area contributed by atoms with Gasteiger partial charge < -0.3 is 9.47 Å².